The van der Waals surface area contributed by atoms with Crippen molar-refractivity contribution in [3.05, 3.63) is 89.2 Å². The van der Waals surface area contributed by atoms with Crippen LogP contribution in [0.4, 0.5) is 10.1 Å². The van der Waals surface area contributed by atoms with Gasteiger partial charge in [0.05, 0.1) is 11.4 Å². The number of anilines is 1. The van der Waals surface area contributed by atoms with Crippen LogP contribution in [-0.2, 0) is 10.0 Å². The molecule has 0 saturated carbocycles. The molecule has 0 radical (unpaired) electrons. The molecule has 3 aromatic rings. The van der Waals surface area contributed by atoms with E-state index in [1.54, 1.807) is 41.3 Å². The Labute approximate surface area is 189 Å². The topological polar surface area (TPSA) is 105 Å². The second-order valence-corrected chi connectivity index (χ2v) is 9.29. The molecule has 0 fully saturated rings. The van der Waals surface area contributed by atoms with Crippen LogP contribution in [0.15, 0.2) is 82.7 Å². The summed E-state index contributed by atoms with van der Waals surface area (Å²) in [6, 6.07) is 18.3. The van der Waals surface area contributed by atoms with Gasteiger partial charge in [0.2, 0.25) is 15.7 Å². The summed E-state index contributed by atoms with van der Waals surface area (Å²) >= 11 is 6.00. The first kappa shape index (κ1) is 22.2. The van der Waals surface area contributed by atoms with Gasteiger partial charge in [-0.05, 0) is 72.8 Å². The fourth-order valence-electron chi connectivity index (χ4n) is 3.28. The molecule has 1 heterocycles. The monoisotopic (exact) mass is 475 g/mol. The normalized spacial score (nSPS) is 18.5. The maximum atomic E-state index is 13.1. The van der Waals surface area contributed by atoms with Crippen LogP contribution in [0.2, 0.25) is 5.02 Å². The van der Waals surface area contributed by atoms with Crippen LogP contribution < -0.4 is 14.8 Å². The Morgan fingerprint density at radius 3 is 2.28 bits per heavy atom. The highest BCUT2D eigenvalue weighted by atomic mass is 35.5. The minimum Gasteiger partial charge on any atom is -0.488 e. The number of aliphatic hydroxyl groups is 1. The molecule has 10 heteroatoms. The largest absolute Gasteiger partial charge is 0.488 e. The van der Waals surface area contributed by atoms with Gasteiger partial charge in [0, 0.05) is 16.3 Å². The molecule has 0 bridgehead atoms. The first-order valence-corrected chi connectivity index (χ1v) is 11.4. The number of hydrogen-bond acceptors (Lipinski definition) is 6. The Bertz CT molecular complexity index is 1250. The van der Waals surface area contributed by atoms with Gasteiger partial charge in [0.25, 0.3) is 0 Å². The summed E-state index contributed by atoms with van der Waals surface area (Å²) in [5, 5.41) is 16.9. The molecule has 0 saturated heterocycles. The lowest BCUT2D eigenvalue weighted by Crippen LogP contribution is -2.40. The van der Waals surface area contributed by atoms with Crippen LogP contribution in [-0.4, -0.2) is 38.2 Å². The second kappa shape index (κ2) is 8.51. The lowest BCUT2D eigenvalue weighted by Gasteiger charge is -2.24. The number of β-amino-alcohol motifs (C(OH)–C–C–N with tert-alkyl or cyclic N) is 1. The van der Waals surface area contributed by atoms with Gasteiger partial charge in [-0.25, -0.2) is 22.9 Å². The highest BCUT2D eigenvalue weighted by Crippen LogP contribution is 2.30. The number of nitrogens with two attached hydrogens (primary N) is 1. The Kier molecular flexibility index (Phi) is 5.91. The average molecular weight is 476 g/mol. The SMILES string of the molecule is NS(=O)(=O)c1ccc(N2CC(O)(COc3ccc(F)cc3)N=C2c2ccc(Cl)cc2)cc1. The van der Waals surface area contributed by atoms with Crippen molar-refractivity contribution >= 4 is 33.1 Å². The van der Waals surface area contributed by atoms with E-state index < -0.39 is 21.6 Å². The number of sulfonamides is 1. The number of halogens is 2. The van der Waals surface area contributed by atoms with Crippen molar-refractivity contribution in [1.82, 2.24) is 0 Å². The molecule has 0 amide bonds. The van der Waals surface area contributed by atoms with Crippen LogP contribution in [0.5, 0.6) is 5.75 Å². The number of ether oxygens (including phenoxy) is 1. The summed E-state index contributed by atoms with van der Waals surface area (Å²) in [5.74, 6) is 0.448. The van der Waals surface area contributed by atoms with Crippen LogP contribution in [0.3, 0.4) is 0 Å². The third kappa shape index (κ3) is 4.91. The minimum atomic E-state index is -3.84. The van der Waals surface area contributed by atoms with Crippen molar-refractivity contribution in [1.29, 1.82) is 0 Å². The van der Waals surface area contributed by atoms with Gasteiger partial charge < -0.3 is 14.7 Å². The molecule has 3 N–H and O–H groups in total. The average Bonchev–Trinajstić information content (AvgIpc) is 3.11. The predicted octanol–water partition coefficient (Wildman–Crippen LogP) is 3.16. The summed E-state index contributed by atoms with van der Waals surface area (Å²) < 4.78 is 41.9. The van der Waals surface area contributed by atoms with Crippen LogP contribution in [0.25, 0.3) is 0 Å². The van der Waals surface area contributed by atoms with Gasteiger partial charge in [-0.2, -0.15) is 0 Å². The van der Waals surface area contributed by atoms with Crippen molar-refractivity contribution in [3.63, 3.8) is 0 Å². The third-order valence-electron chi connectivity index (χ3n) is 4.84. The molecule has 1 aliphatic rings. The Morgan fingerprint density at radius 2 is 1.69 bits per heavy atom. The summed E-state index contributed by atoms with van der Waals surface area (Å²) in [7, 11) is -3.84. The van der Waals surface area contributed by atoms with E-state index in [-0.39, 0.29) is 18.0 Å². The molecule has 4 rings (SSSR count). The molecular weight excluding hydrogens is 457 g/mol. The van der Waals surface area contributed by atoms with E-state index >= 15 is 0 Å². The molecule has 1 atom stereocenters. The van der Waals surface area contributed by atoms with Crippen molar-refractivity contribution in [2.75, 3.05) is 18.1 Å². The summed E-state index contributed by atoms with van der Waals surface area (Å²) in [5.41, 5.74) is -0.312. The molecule has 166 valence electrons. The molecule has 0 aliphatic carbocycles. The van der Waals surface area contributed by atoms with Crippen molar-refractivity contribution in [3.8, 4) is 5.75 Å². The van der Waals surface area contributed by atoms with E-state index in [0.717, 1.165) is 0 Å². The van der Waals surface area contributed by atoms with Gasteiger partial charge in [-0.15, -0.1) is 0 Å². The summed E-state index contributed by atoms with van der Waals surface area (Å²) in [4.78, 5) is 6.21. The van der Waals surface area contributed by atoms with Crippen LogP contribution >= 0.6 is 11.6 Å². The maximum Gasteiger partial charge on any atom is 0.238 e. The van der Waals surface area contributed by atoms with E-state index in [2.05, 4.69) is 4.99 Å². The molecule has 1 unspecified atom stereocenters. The number of hydrogen-bond donors (Lipinski definition) is 2. The molecular formula is C22H19ClFN3O4S. The Balaban J connectivity index is 1.65. The van der Waals surface area contributed by atoms with Crippen molar-refractivity contribution < 1.29 is 22.7 Å². The van der Waals surface area contributed by atoms with Gasteiger partial charge >= 0.3 is 0 Å². The lowest BCUT2D eigenvalue weighted by molar-refractivity contribution is 0.0177. The van der Waals surface area contributed by atoms with Crippen LogP contribution in [0, 0.1) is 5.82 Å². The Hall–Kier alpha value is -2.98. The predicted molar refractivity (Wildman–Crippen MR) is 120 cm³/mol. The van der Waals surface area contributed by atoms with Crippen molar-refractivity contribution in [2.45, 2.75) is 10.6 Å². The van der Waals surface area contributed by atoms with E-state index in [9.17, 15) is 17.9 Å². The fourth-order valence-corrected chi connectivity index (χ4v) is 3.92. The molecule has 0 aromatic heterocycles. The molecule has 3 aromatic carbocycles. The zero-order valence-electron chi connectivity index (χ0n) is 16.7. The van der Waals surface area contributed by atoms with E-state index in [1.807, 2.05) is 0 Å². The van der Waals surface area contributed by atoms with E-state index in [4.69, 9.17) is 21.5 Å². The van der Waals surface area contributed by atoms with Crippen LogP contribution in [0.1, 0.15) is 5.56 Å². The molecule has 32 heavy (non-hydrogen) atoms. The number of primary sulfonamides is 1. The first-order valence-electron chi connectivity index (χ1n) is 9.50. The summed E-state index contributed by atoms with van der Waals surface area (Å²) in [6.07, 6.45) is 0. The van der Waals surface area contributed by atoms with Gasteiger partial charge in [-0.1, -0.05) is 11.6 Å². The highest BCUT2D eigenvalue weighted by Gasteiger charge is 2.39. The first-order chi connectivity index (χ1) is 15.1. The molecule has 0 spiro atoms. The fraction of sp³-hybridized carbons (Fsp3) is 0.136. The lowest BCUT2D eigenvalue weighted by atomic mass is 10.1. The maximum absolute atomic E-state index is 13.1. The number of amidine groups is 1. The molecule has 1 aliphatic heterocycles. The Morgan fingerprint density at radius 1 is 1.06 bits per heavy atom. The quantitative estimate of drug-likeness (QED) is 0.569. The van der Waals surface area contributed by atoms with Gasteiger partial charge in [-0.3, -0.25) is 0 Å². The van der Waals surface area contributed by atoms with Gasteiger partial charge in [0.1, 0.15) is 24.0 Å². The number of nitrogens with zero attached hydrogens (tertiary/aromatic N) is 2. The summed E-state index contributed by atoms with van der Waals surface area (Å²) in [6.45, 7) is -0.137. The number of aliphatic imine (C=N–C) groups is 1. The second-order valence-electron chi connectivity index (χ2n) is 7.29. The van der Waals surface area contributed by atoms with Crippen molar-refractivity contribution in [2.24, 2.45) is 10.1 Å². The number of benzene rings is 3. The zero-order chi connectivity index (χ0) is 22.9. The number of rotatable bonds is 6. The van der Waals surface area contributed by atoms with E-state index in [0.29, 0.717) is 27.9 Å². The molecule has 7 nitrogen and oxygen atoms in total. The van der Waals surface area contributed by atoms with E-state index in [1.165, 1.54) is 36.4 Å². The third-order valence-corrected chi connectivity index (χ3v) is 6.03. The minimum absolute atomic E-state index is 0.0275. The van der Waals surface area contributed by atoms with Gasteiger partial charge in [0.15, 0.2) is 0 Å². The standard InChI is InChI=1S/C22H19ClFN3O4S/c23-16-3-1-15(2-4-16)21-26-22(28,14-31-19-9-5-17(24)6-10-19)13-27(21)18-7-11-20(12-8-18)32(25,29)30/h1-12,28H,13-14H2,(H2,25,29,30). The highest BCUT2D eigenvalue weighted by molar-refractivity contribution is 7.89. The zero-order valence-corrected chi connectivity index (χ0v) is 18.2. The smallest absolute Gasteiger partial charge is 0.238 e.